The average Bonchev–Trinajstić information content (AvgIpc) is 3.44. The fourth-order valence-corrected chi connectivity index (χ4v) is 9.31. The second kappa shape index (κ2) is 9.88. The Morgan fingerprint density at radius 2 is 1.04 bits per heavy atom. The fraction of sp³-hybridized carbons (Fsp3) is 0.163. The molecule has 0 bridgehead atoms. The molecule has 1 aliphatic heterocycles. The third kappa shape index (κ3) is 4.25. The molecule has 6 aromatic rings. The molecule has 8 rings (SSSR count). The average molecular weight is 617 g/mol. The highest BCUT2D eigenvalue weighted by Gasteiger charge is 2.37. The summed E-state index contributed by atoms with van der Waals surface area (Å²) in [6.07, 6.45) is 0. The molecule has 0 amide bonds. The van der Waals surface area contributed by atoms with Crippen LogP contribution in [0.1, 0.15) is 51.3 Å². The van der Waals surface area contributed by atoms with Gasteiger partial charge in [0.2, 0.25) is 9.84 Å². The van der Waals surface area contributed by atoms with Crippen LogP contribution in [-0.4, -0.2) is 8.42 Å². The molecule has 0 aromatic heterocycles. The van der Waals surface area contributed by atoms with E-state index in [1.165, 1.54) is 27.8 Å². The molecule has 1 heterocycles. The number of fused-ring (bicyclic) bond motifs is 6. The number of hydrogen-bond acceptors (Lipinski definition) is 2. The maximum atomic E-state index is 14.0. The van der Waals surface area contributed by atoms with Crippen LogP contribution >= 0.6 is 0 Å². The third-order valence-electron chi connectivity index (χ3n) is 10.00. The summed E-state index contributed by atoms with van der Waals surface area (Å²) in [5.74, 6) is 0. The zero-order chi connectivity index (χ0) is 32.0. The van der Waals surface area contributed by atoms with Crippen molar-refractivity contribution in [2.75, 3.05) is 0 Å². The van der Waals surface area contributed by atoms with Gasteiger partial charge >= 0.3 is 0 Å². The number of sulfone groups is 1. The Morgan fingerprint density at radius 1 is 0.478 bits per heavy atom. The van der Waals surface area contributed by atoms with Gasteiger partial charge in [0.25, 0.3) is 0 Å². The SMILES string of the molecule is CC(C)(C)c1ccc2c(c1)-c1cccc(-c3cccc(-c4cccc(-c5ccc6c(c5)C(C)(C)c5ccccc5-6)c4)c3)c1S2(=O)=O. The number of rotatable bonds is 3. The van der Waals surface area contributed by atoms with E-state index in [-0.39, 0.29) is 10.8 Å². The zero-order valence-corrected chi connectivity index (χ0v) is 27.7. The summed E-state index contributed by atoms with van der Waals surface area (Å²) in [4.78, 5) is 0.802. The summed E-state index contributed by atoms with van der Waals surface area (Å²) in [5, 5.41) is 0. The lowest BCUT2D eigenvalue weighted by atomic mass is 9.81. The van der Waals surface area contributed by atoms with E-state index < -0.39 is 9.84 Å². The molecule has 0 saturated carbocycles. The van der Waals surface area contributed by atoms with Gasteiger partial charge in [0.05, 0.1) is 9.79 Å². The molecule has 0 N–H and O–H groups in total. The van der Waals surface area contributed by atoms with Crippen LogP contribution in [0, 0.1) is 0 Å². The molecular weight excluding hydrogens is 581 g/mol. The molecule has 0 spiro atoms. The highest BCUT2D eigenvalue weighted by molar-refractivity contribution is 7.92. The molecule has 226 valence electrons. The standard InChI is InChI=1S/C43H36O2S/c1-42(2,3)32-20-22-40-37(26-32)36-17-10-16-33(41(36)46(40,44)45)31-14-9-13-29(24-31)27-11-8-12-28(23-27)30-19-21-35-34-15-6-7-18-38(34)43(4,5)39(35)25-30/h6-26H,1-5H3. The lowest BCUT2D eigenvalue weighted by Gasteiger charge is -2.22. The van der Waals surface area contributed by atoms with Crippen molar-refractivity contribution < 1.29 is 8.42 Å². The van der Waals surface area contributed by atoms with Crippen molar-refractivity contribution >= 4 is 9.84 Å². The van der Waals surface area contributed by atoms with Crippen molar-refractivity contribution in [2.24, 2.45) is 0 Å². The van der Waals surface area contributed by atoms with E-state index in [1.807, 2.05) is 36.4 Å². The van der Waals surface area contributed by atoms with Crippen molar-refractivity contribution in [3.8, 4) is 55.6 Å². The second-order valence-electron chi connectivity index (χ2n) is 14.2. The Morgan fingerprint density at radius 3 is 1.76 bits per heavy atom. The minimum absolute atomic E-state index is 0.0574. The number of benzene rings is 6. The van der Waals surface area contributed by atoms with Crippen LogP contribution in [0.5, 0.6) is 0 Å². The fourth-order valence-electron chi connectivity index (χ4n) is 7.45. The maximum absolute atomic E-state index is 14.0. The minimum atomic E-state index is -3.66. The Bertz CT molecular complexity index is 2330. The van der Waals surface area contributed by atoms with Crippen LogP contribution in [-0.2, 0) is 20.7 Å². The quantitative estimate of drug-likeness (QED) is 0.198. The van der Waals surface area contributed by atoms with Gasteiger partial charge in [0.1, 0.15) is 0 Å². The van der Waals surface area contributed by atoms with Crippen molar-refractivity contribution in [1.29, 1.82) is 0 Å². The van der Waals surface area contributed by atoms with Gasteiger partial charge in [0, 0.05) is 22.1 Å². The molecule has 0 atom stereocenters. The van der Waals surface area contributed by atoms with Gasteiger partial charge in [-0.2, -0.15) is 0 Å². The Labute approximate surface area is 272 Å². The molecule has 6 aromatic carbocycles. The Kier molecular flexibility index (Phi) is 6.17. The zero-order valence-electron chi connectivity index (χ0n) is 26.8. The van der Waals surface area contributed by atoms with Crippen LogP contribution in [0.15, 0.2) is 137 Å². The minimum Gasteiger partial charge on any atom is -0.218 e. The molecule has 2 nitrogen and oxygen atoms in total. The summed E-state index contributed by atoms with van der Waals surface area (Å²) >= 11 is 0. The van der Waals surface area contributed by atoms with E-state index in [1.54, 1.807) is 6.07 Å². The largest absolute Gasteiger partial charge is 0.218 e. The first kappa shape index (κ1) is 28.7. The lowest BCUT2D eigenvalue weighted by Crippen LogP contribution is -2.14. The summed E-state index contributed by atoms with van der Waals surface area (Å²) in [6.45, 7) is 11.1. The van der Waals surface area contributed by atoms with Crippen LogP contribution in [0.3, 0.4) is 0 Å². The van der Waals surface area contributed by atoms with E-state index in [0.29, 0.717) is 9.79 Å². The Hall–Kier alpha value is -4.73. The molecule has 0 saturated heterocycles. The molecular formula is C43H36O2S. The van der Waals surface area contributed by atoms with Gasteiger partial charge < -0.3 is 0 Å². The van der Waals surface area contributed by atoms with E-state index in [0.717, 1.165) is 44.5 Å². The number of hydrogen-bond donors (Lipinski definition) is 0. The van der Waals surface area contributed by atoms with Crippen molar-refractivity contribution in [3.63, 3.8) is 0 Å². The van der Waals surface area contributed by atoms with Crippen molar-refractivity contribution in [2.45, 2.75) is 55.2 Å². The van der Waals surface area contributed by atoms with Crippen molar-refractivity contribution in [3.05, 3.63) is 144 Å². The summed E-state index contributed by atoms with van der Waals surface area (Å²) in [5.41, 5.74) is 14.1. The molecule has 1 aliphatic carbocycles. The molecule has 0 radical (unpaired) electrons. The van der Waals surface area contributed by atoms with E-state index in [4.69, 9.17) is 0 Å². The van der Waals surface area contributed by atoms with E-state index in [2.05, 4.69) is 120 Å². The van der Waals surface area contributed by atoms with Gasteiger partial charge in [0.15, 0.2) is 0 Å². The maximum Gasteiger partial charge on any atom is 0.208 e. The second-order valence-corrected chi connectivity index (χ2v) is 16.1. The van der Waals surface area contributed by atoms with E-state index in [9.17, 15) is 8.42 Å². The first-order valence-corrected chi connectivity index (χ1v) is 17.4. The normalized spacial score (nSPS) is 15.2. The van der Waals surface area contributed by atoms with Crippen molar-refractivity contribution in [1.82, 2.24) is 0 Å². The summed E-state index contributed by atoms with van der Waals surface area (Å²) in [6, 6.07) is 44.2. The smallest absolute Gasteiger partial charge is 0.208 e. The van der Waals surface area contributed by atoms with Crippen LogP contribution < -0.4 is 0 Å². The summed E-state index contributed by atoms with van der Waals surface area (Å²) < 4.78 is 28.0. The highest BCUT2D eigenvalue weighted by Crippen LogP contribution is 2.50. The predicted molar refractivity (Wildman–Crippen MR) is 190 cm³/mol. The predicted octanol–water partition coefficient (Wildman–Crippen LogP) is 11.1. The van der Waals surface area contributed by atoms with E-state index >= 15 is 0 Å². The van der Waals surface area contributed by atoms with Crippen LogP contribution in [0.4, 0.5) is 0 Å². The molecule has 3 heteroatoms. The van der Waals surface area contributed by atoms with Gasteiger partial charge in [-0.15, -0.1) is 0 Å². The Balaban J connectivity index is 1.19. The molecule has 46 heavy (non-hydrogen) atoms. The molecule has 0 fully saturated rings. The first-order chi connectivity index (χ1) is 21.9. The van der Waals surface area contributed by atoms with Gasteiger partial charge in [-0.25, -0.2) is 8.42 Å². The highest BCUT2D eigenvalue weighted by atomic mass is 32.2. The van der Waals surface area contributed by atoms with Gasteiger partial charge in [-0.05, 0) is 91.4 Å². The monoisotopic (exact) mass is 616 g/mol. The summed E-state index contributed by atoms with van der Waals surface area (Å²) in [7, 11) is -3.66. The lowest BCUT2D eigenvalue weighted by molar-refractivity contribution is 0.588. The topological polar surface area (TPSA) is 34.1 Å². The first-order valence-electron chi connectivity index (χ1n) is 15.9. The van der Waals surface area contributed by atoms with Crippen LogP contribution in [0.25, 0.3) is 55.6 Å². The van der Waals surface area contributed by atoms with Gasteiger partial charge in [-0.1, -0.05) is 132 Å². The molecule has 2 aliphatic rings. The third-order valence-corrected chi connectivity index (χ3v) is 11.9. The van der Waals surface area contributed by atoms with Gasteiger partial charge in [-0.3, -0.25) is 0 Å². The molecule has 0 unspecified atom stereocenters. The van der Waals surface area contributed by atoms with Crippen LogP contribution in [0.2, 0.25) is 0 Å².